The Balaban J connectivity index is 1.95. The van der Waals surface area contributed by atoms with Crippen molar-refractivity contribution in [2.24, 2.45) is 5.73 Å². The first-order chi connectivity index (χ1) is 9.58. The zero-order valence-electron chi connectivity index (χ0n) is 11.2. The summed E-state index contributed by atoms with van der Waals surface area (Å²) >= 11 is 0. The van der Waals surface area contributed by atoms with Crippen molar-refractivity contribution in [1.82, 2.24) is 4.90 Å². The summed E-state index contributed by atoms with van der Waals surface area (Å²) in [5.74, 6) is -0.610. The number of hydrogen-bond donors (Lipinski definition) is 2. The molecule has 108 valence electrons. The molecule has 4 N–H and O–H groups in total. The van der Waals surface area contributed by atoms with Gasteiger partial charge in [0.2, 0.25) is 11.8 Å². The number of hydrogen-bond acceptors (Lipinski definition) is 4. The minimum absolute atomic E-state index is 0.0838. The Labute approximate surface area is 117 Å². The number of aryl methyl sites for hydroxylation is 1. The number of morpholine rings is 1. The summed E-state index contributed by atoms with van der Waals surface area (Å²) in [6, 6.07) is 6.77. The highest BCUT2D eigenvalue weighted by Crippen LogP contribution is 2.13. The van der Waals surface area contributed by atoms with Crippen molar-refractivity contribution in [1.29, 1.82) is 0 Å². The first-order valence-corrected chi connectivity index (χ1v) is 6.59. The number of nitrogen functional groups attached to an aromatic ring is 1. The Bertz CT molecular complexity index is 504. The van der Waals surface area contributed by atoms with Gasteiger partial charge in [0.15, 0.2) is 0 Å². The summed E-state index contributed by atoms with van der Waals surface area (Å²) in [5, 5.41) is 0. The molecule has 1 saturated heterocycles. The third-order valence-corrected chi connectivity index (χ3v) is 3.36. The second-order valence-electron chi connectivity index (χ2n) is 4.83. The minimum Gasteiger partial charge on any atom is -0.399 e. The molecule has 0 saturated carbocycles. The van der Waals surface area contributed by atoms with Crippen molar-refractivity contribution in [3.63, 3.8) is 0 Å². The molecular weight excluding hydrogens is 258 g/mol. The van der Waals surface area contributed by atoms with Crippen LogP contribution in [0.1, 0.15) is 12.0 Å². The molecule has 1 atom stereocenters. The summed E-state index contributed by atoms with van der Waals surface area (Å²) < 4.78 is 5.19. The molecule has 0 bridgehead atoms. The lowest BCUT2D eigenvalue weighted by atomic mass is 10.1. The standard InChI is InChI=1S/C14H19N3O3/c15-11-3-1-2-10(8-11)4-5-13(18)17-6-7-20-9-12(17)14(16)19/h1-3,8,12H,4-7,9,15H2,(H2,16,19). The number of carbonyl (C=O) groups excluding carboxylic acids is 2. The van der Waals surface area contributed by atoms with Crippen LogP contribution in [0.25, 0.3) is 0 Å². The fourth-order valence-corrected chi connectivity index (χ4v) is 2.28. The van der Waals surface area contributed by atoms with Crippen LogP contribution in [0.15, 0.2) is 24.3 Å². The van der Waals surface area contributed by atoms with Crippen molar-refractivity contribution in [2.45, 2.75) is 18.9 Å². The van der Waals surface area contributed by atoms with Crippen LogP contribution < -0.4 is 11.5 Å². The molecule has 1 fully saturated rings. The van der Waals surface area contributed by atoms with Crippen LogP contribution in [-0.2, 0) is 20.7 Å². The highest BCUT2D eigenvalue weighted by Gasteiger charge is 2.30. The molecule has 1 unspecified atom stereocenters. The van der Waals surface area contributed by atoms with Crippen LogP contribution >= 0.6 is 0 Å². The van der Waals surface area contributed by atoms with Gasteiger partial charge in [-0.25, -0.2) is 0 Å². The van der Waals surface area contributed by atoms with Crippen molar-refractivity contribution in [2.75, 3.05) is 25.5 Å². The fourth-order valence-electron chi connectivity index (χ4n) is 2.28. The van der Waals surface area contributed by atoms with Crippen molar-refractivity contribution >= 4 is 17.5 Å². The number of carbonyl (C=O) groups is 2. The molecule has 1 aliphatic rings. The van der Waals surface area contributed by atoms with E-state index < -0.39 is 11.9 Å². The highest BCUT2D eigenvalue weighted by molar-refractivity contribution is 5.87. The largest absolute Gasteiger partial charge is 0.399 e. The van der Waals surface area contributed by atoms with Crippen LogP contribution in [0.2, 0.25) is 0 Å². The molecule has 6 nitrogen and oxygen atoms in total. The summed E-state index contributed by atoms with van der Waals surface area (Å²) in [5.41, 5.74) is 12.7. The summed E-state index contributed by atoms with van der Waals surface area (Å²) in [6.07, 6.45) is 0.917. The van der Waals surface area contributed by atoms with E-state index in [1.165, 1.54) is 4.90 Å². The van der Waals surface area contributed by atoms with Gasteiger partial charge in [0.05, 0.1) is 13.2 Å². The molecule has 1 heterocycles. The number of nitrogens with two attached hydrogens (primary N) is 2. The van der Waals surface area contributed by atoms with Gasteiger partial charge in [-0.05, 0) is 24.1 Å². The monoisotopic (exact) mass is 277 g/mol. The van der Waals surface area contributed by atoms with Gasteiger partial charge >= 0.3 is 0 Å². The van der Waals surface area contributed by atoms with Crippen molar-refractivity contribution in [3.8, 4) is 0 Å². The van der Waals surface area contributed by atoms with E-state index >= 15 is 0 Å². The van der Waals surface area contributed by atoms with Gasteiger partial charge in [-0.1, -0.05) is 12.1 Å². The molecule has 2 amide bonds. The topological polar surface area (TPSA) is 98.7 Å². The van der Waals surface area contributed by atoms with Crippen LogP contribution in [0.3, 0.4) is 0 Å². The van der Waals surface area contributed by atoms with Crippen LogP contribution in [-0.4, -0.2) is 42.5 Å². The second kappa shape index (κ2) is 6.38. The van der Waals surface area contributed by atoms with Gasteiger partial charge in [0, 0.05) is 18.7 Å². The maximum absolute atomic E-state index is 12.2. The zero-order chi connectivity index (χ0) is 14.5. The van der Waals surface area contributed by atoms with Gasteiger partial charge in [-0.15, -0.1) is 0 Å². The molecule has 1 aromatic rings. The van der Waals surface area contributed by atoms with Crippen LogP contribution in [0.4, 0.5) is 5.69 Å². The quantitative estimate of drug-likeness (QED) is 0.752. The molecule has 6 heteroatoms. The SMILES string of the molecule is NC(=O)C1COCCN1C(=O)CCc1cccc(N)c1. The van der Waals surface area contributed by atoms with E-state index in [1.54, 1.807) is 6.07 Å². The predicted octanol–water partition coefficient (Wildman–Crippen LogP) is -0.0859. The Kier molecular flexibility index (Phi) is 4.57. The third kappa shape index (κ3) is 3.48. The lowest BCUT2D eigenvalue weighted by Crippen LogP contribution is -2.54. The number of primary amides is 1. The van der Waals surface area contributed by atoms with Gasteiger partial charge in [-0.3, -0.25) is 9.59 Å². The lowest BCUT2D eigenvalue weighted by Gasteiger charge is -2.33. The smallest absolute Gasteiger partial charge is 0.242 e. The fraction of sp³-hybridized carbons (Fsp3) is 0.429. The van der Waals surface area contributed by atoms with Crippen LogP contribution in [0, 0.1) is 0 Å². The second-order valence-corrected chi connectivity index (χ2v) is 4.83. The predicted molar refractivity (Wildman–Crippen MR) is 74.7 cm³/mol. The van der Waals surface area contributed by atoms with Gasteiger partial charge < -0.3 is 21.1 Å². The van der Waals surface area contributed by atoms with Crippen molar-refractivity contribution in [3.05, 3.63) is 29.8 Å². The van der Waals surface area contributed by atoms with E-state index in [1.807, 2.05) is 18.2 Å². The number of amides is 2. The molecule has 0 radical (unpaired) electrons. The Morgan fingerprint density at radius 3 is 2.90 bits per heavy atom. The molecule has 1 aromatic carbocycles. The zero-order valence-corrected chi connectivity index (χ0v) is 11.2. The Morgan fingerprint density at radius 2 is 2.20 bits per heavy atom. The molecule has 2 rings (SSSR count). The van der Waals surface area contributed by atoms with Gasteiger partial charge in [-0.2, -0.15) is 0 Å². The number of benzene rings is 1. The maximum Gasteiger partial charge on any atom is 0.242 e. The Morgan fingerprint density at radius 1 is 1.40 bits per heavy atom. The Hall–Kier alpha value is -2.08. The first kappa shape index (κ1) is 14.3. The third-order valence-electron chi connectivity index (χ3n) is 3.36. The molecule has 0 aliphatic carbocycles. The van der Waals surface area contributed by atoms with E-state index in [-0.39, 0.29) is 12.5 Å². The summed E-state index contributed by atoms with van der Waals surface area (Å²) in [6.45, 7) is 1.02. The molecule has 0 spiro atoms. The average Bonchev–Trinajstić information content (AvgIpc) is 2.45. The van der Waals surface area contributed by atoms with E-state index in [0.717, 1.165) is 5.56 Å². The highest BCUT2D eigenvalue weighted by atomic mass is 16.5. The molecule has 1 aliphatic heterocycles. The molecule has 0 aromatic heterocycles. The van der Waals surface area contributed by atoms with E-state index in [2.05, 4.69) is 0 Å². The van der Waals surface area contributed by atoms with Gasteiger partial charge in [0.1, 0.15) is 6.04 Å². The molecule has 20 heavy (non-hydrogen) atoms. The van der Waals surface area contributed by atoms with Crippen LogP contribution in [0.5, 0.6) is 0 Å². The minimum atomic E-state index is -0.655. The first-order valence-electron chi connectivity index (χ1n) is 6.59. The normalized spacial score (nSPS) is 18.8. The lowest BCUT2D eigenvalue weighted by molar-refractivity contribution is -0.147. The van der Waals surface area contributed by atoms with Crippen molar-refractivity contribution < 1.29 is 14.3 Å². The van der Waals surface area contributed by atoms with Gasteiger partial charge in [0.25, 0.3) is 0 Å². The number of anilines is 1. The van der Waals surface area contributed by atoms with E-state index in [9.17, 15) is 9.59 Å². The molecular formula is C14H19N3O3. The van der Waals surface area contributed by atoms with E-state index in [4.69, 9.17) is 16.2 Å². The maximum atomic E-state index is 12.2. The average molecular weight is 277 g/mol. The number of nitrogens with zero attached hydrogens (tertiary/aromatic N) is 1. The summed E-state index contributed by atoms with van der Waals surface area (Å²) in [4.78, 5) is 25.0. The number of rotatable bonds is 4. The summed E-state index contributed by atoms with van der Waals surface area (Å²) in [7, 11) is 0. The van der Waals surface area contributed by atoms with E-state index in [0.29, 0.717) is 31.7 Å². The number of ether oxygens (including phenoxy) is 1.